The van der Waals surface area contributed by atoms with Crippen LogP contribution in [0.2, 0.25) is 0 Å². The van der Waals surface area contributed by atoms with Crippen molar-refractivity contribution in [2.75, 3.05) is 4.90 Å². The molecule has 6 atom stereocenters. The Hall–Kier alpha value is -4.30. The van der Waals surface area contributed by atoms with Crippen LogP contribution in [0.25, 0.3) is 11.1 Å². The van der Waals surface area contributed by atoms with Gasteiger partial charge in [0.05, 0.1) is 5.69 Å². The van der Waals surface area contributed by atoms with E-state index in [1.165, 1.54) is 89.0 Å². The van der Waals surface area contributed by atoms with Gasteiger partial charge in [-0.1, -0.05) is 94.4 Å². The SMILES string of the molecule is CC1(C)CCC(C)(C)c2c(N(c3ccccc3)c3ccc(-c4ccc5c(c4)C4(c6ccccc6O5)C5CC6CC7CC4C75C6)cc3)cccc21. The molecule has 0 aromatic heterocycles. The van der Waals surface area contributed by atoms with Gasteiger partial charge in [-0.3, -0.25) is 0 Å². The Kier molecular flexibility index (Phi) is 5.72. The summed E-state index contributed by atoms with van der Waals surface area (Å²) < 4.78 is 6.71. The summed E-state index contributed by atoms with van der Waals surface area (Å²) in [6, 6.07) is 43.4. The minimum atomic E-state index is 0.0908. The van der Waals surface area contributed by atoms with Gasteiger partial charge in [0.2, 0.25) is 0 Å². The predicted molar refractivity (Wildman–Crippen MR) is 204 cm³/mol. The summed E-state index contributed by atoms with van der Waals surface area (Å²) in [6.45, 7) is 9.71. The molecule has 1 aliphatic heterocycles. The molecule has 11 rings (SSSR count). The maximum absolute atomic E-state index is 6.71. The van der Waals surface area contributed by atoms with Gasteiger partial charge < -0.3 is 9.64 Å². The number of ether oxygens (including phenoxy) is 1. The molecule has 0 amide bonds. The van der Waals surface area contributed by atoms with Crippen LogP contribution < -0.4 is 9.64 Å². The molecule has 5 aromatic carbocycles. The maximum atomic E-state index is 6.71. The van der Waals surface area contributed by atoms with E-state index in [9.17, 15) is 0 Å². The monoisotopic (exact) mass is 653 g/mol. The Morgan fingerprint density at radius 2 is 1.26 bits per heavy atom. The van der Waals surface area contributed by atoms with Gasteiger partial charge in [0.15, 0.2) is 0 Å². The fraction of sp³-hybridized carbons (Fsp3) is 0.375. The van der Waals surface area contributed by atoms with Crippen molar-refractivity contribution in [1.82, 2.24) is 0 Å². The fourth-order valence-electron chi connectivity index (χ4n) is 13.0. The molecule has 6 aliphatic rings. The first-order chi connectivity index (χ1) is 24.2. The van der Waals surface area contributed by atoms with E-state index in [4.69, 9.17) is 4.74 Å². The highest BCUT2D eigenvalue weighted by molar-refractivity contribution is 5.82. The molecule has 50 heavy (non-hydrogen) atoms. The van der Waals surface area contributed by atoms with Crippen LogP contribution in [0.5, 0.6) is 11.5 Å². The number of para-hydroxylation sites is 2. The number of hydrogen-bond acceptors (Lipinski definition) is 2. The average molecular weight is 654 g/mol. The lowest BCUT2D eigenvalue weighted by Crippen LogP contribution is -2.74. The van der Waals surface area contributed by atoms with E-state index in [1.54, 1.807) is 0 Å². The standard InChI is InChI=1S/C48H47NO/c1-45(2)23-24-46(3,4)44-37(45)14-10-15-39(44)49(34-11-6-5-7-12-34)35-20-17-31(18-21-35)32-19-22-41-38(27-32)48(36-13-8-9-16-40(36)50-41)42-26-30-25-33-28-43(48)47(33,42)29-30/h5-22,27,30,33,42-43H,23-26,28-29H2,1-4H3. The third-order valence-corrected chi connectivity index (χ3v) is 15.0. The number of fused-ring (bicyclic) bond motifs is 8. The van der Waals surface area contributed by atoms with Crippen molar-refractivity contribution in [1.29, 1.82) is 0 Å². The lowest BCUT2D eigenvalue weighted by molar-refractivity contribution is -0.235. The molecule has 1 heterocycles. The first-order valence-electron chi connectivity index (χ1n) is 19.2. The summed E-state index contributed by atoms with van der Waals surface area (Å²) in [4.78, 5) is 2.49. The molecule has 0 radical (unpaired) electrons. The minimum absolute atomic E-state index is 0.0908. The molecule has 4 fully saturated rings. The van der Waals surface area contributed by atoms with Crippen molar-refractivity contribution in [2.24, 2.45) is 29.1 Å². The summed E-state index contributed by atoms with van der Waals surface area (Å²) in [6.07, 6.45) is 8.15. The van der Waals surface area contributed by atoms with E-state index in [0.29, 0.717) is 5.41 Å². The summed E-state index contributed by atoms with van der Waals surface area (Å²) in [7, 11) is 0. The zero-order chi connectivity index (χ0) is 33.6. The molecule has 250 valence electrons. The molecule has 6 unspecified atom stereocenters. The highest BCUT2D eigenvalue weighted by Crippen LogP contribution is 2.89. The Morgan fingerprint density at radius 3 is 2.08 bits per heavy atom. The molecule has 2 heteroatoms. The van der Waals surface area contributed by atoms with Crippen molar-refractivity contribution in [3.63, 3.8) is 0 Å². The van der Waals surface area contributed by atoms with E-state index in [-0.39, 0.29) is 16.2 Å². The Bertz CT molecular complexity index is 2200. The first-order valence-corrected chi connectivity index (χ1v) is 19.2. The van der Waals surface area contributed by atoms with Crippen molar-refractivity contribution in [3.8, 4) is 22.6 Å². The second-order valence-electron chi connectivity index (χ2n) is 18.1. The molecule has 5 aliphatic carbocycles. The van der Waals surface area contributed by atoms with E-state index in [1.807, 2.05) is 0 Å². The molecule has 2 spiro atoms. The molecule has 2 bridgehead atoms. The van der Waals surface area contributed by atoms with Gasteiger partial charge >= 0.3 is 0 Å². The number of rotatable bonds is 4. The second-order valence-corrected chi connectivity index (χ2v) is 18.1. The van der Waals surface area contributed by atoms with Crippen LogP contribution in [-0.4, -0.2) is 0 Å². The Balaban J connectivity index is 1.02. The van der Waals surface area contributed by atoms with Crippen molar-refractivity contribution in [2.45, 2.75) is 82.5 Å². The lowest BCUT2D eigenvalue weighted by atomic mass is 9.26. The van der Waals surface area contributed by atoms with E-state index in [2.05, 4.69) is 148 Å². The zero-order valence-electron chi connectivity index (χ0n) is 29.9. The van der Waals surface area contributed by atoms with Crippen LogP contribution in [0, 0.1) is 29.1 Å². The molecule has 0 saturated heterocycles. The van der Waals surface area contributed by atoms with Gasteiger partial charge in [0.25, 0.3) is 0 Å². The van der Waals surface area contributed by atoms with Crippen molar-refractivity contribution in [3.05, 3.63) is 138 Å². The maximum Gasteiger partial charge on any atom is 0.131 e. The van der Waals surface area contributed by atoms with Gasteiger partial charge in [-0.05, 0) is 149 Å². The molecular weight excluding hydrogens is 607 g/mol. The van der Waals surface area contributed by atoms with E-state index < -0.39 is 0 Å². The molecule has 5 aromatic rings. The Labute approximate surface area is 297 Å². The second kappa shape index (κ2) is 9.72. The highest BCUT2D eigenvalue weighted by atomic mass is 16.5. The van der Waals surface area contributed by atoms with Crippen molar-refractivity contribution >= 4 is 17.1 Å². The summed E-state index contributed by atoms with van der Waals surface area (Å²) in [5.41, 5.74) is 13.1. The predicted octanol–water partition coefficient (Wildman–Crippen LogP) is 12.6. The van der Waals surface area contributed by atoms with E-state index in [0.717, 1.165) is 35.2 Å². The zero-order valence-corrected chi connectivity index (χ0v) is 29.9. The number of nitrogens with zero attached hydrogens (tertiary/aromatic N) is 1. The minimum Gasteiger partial charge on any atom is -0.457 e. The first kappa shape index (κ1) is 29.4. The van der Waals surface area contributed by atoms with Gasteiger partial charge in [-0.25, -0.2) is 0 Å². The number of hydrogen-bond donors (Lipinski definition) is 0. The lowest BCUT2D eigenvalue weighted by Gasteiger charge is -2.77. The van der Waals surface area contributed by atoms with Crippen LogP contribution in [-0.2, 0) is 16.2 Å². The van der Waals surface area contributed by atoms with Gasteiger partial charge in [0.1, 0.15) is 11.5 Å². The third-order valence-electron chi connectivity index (χ3n) is 15.0. The number of anilines is 3. The summed E-state index contributed by atoms with van der Waals surface area (Å²) in [5.74, 6) is 5.58. The topological polar surface area (TPSA) is 12.5 Å². The molecular formula is C48H47NO. The average Bonchev–Trinajstić information content (AvgIpc) is 3.66. The smallest absolute Gasteiger partial charge is 0.131 e. The van der Waals surface area contributed by atoms with Crippen molar-refractivity contribution < 1.29 is 4.74 Å². The largest absolute Gasteiger partial charge is 0.457 e. The van der Waals surface area contributed by atoms with Crippen LogP contribution in [0.4, 0.5) is 17.1 Å². The van der Waals surface area contributed by atoms with Crippen LogP contribution in [0.15, 0.2) is 115 Å². The van der Waals surface area contributed by atoms with Crippen LogP contribution >= 0.6 is 0 Å². The normalized spacial score (nSPS) is 31.0. The van der Waals surface area contributed by atoms with Gasteiger partial charge in [-0.2, -0.15) is 0 Å². The van der Waals surface area contributed by atoms with E-state index >= 15 is 0 Å². The third kappa shape index (κ3) is 3.56. The fourth-order valence-corrected chi connectivity index (χ4v) is 13.0. The Morgan fingerprint density at radius 1 is 0.580 bits per heavy atom. The highest BCUT2D eigenvalue weighted by Gasteiger charge is 2.84. The van der Waals surface area contributed by atoms with Crippen LogP contribution in [0.1, 0.15) is 88.5 Å². The summed E-state index contributed by atoms with van der Waals surface area (Å²) >= 11 is 0. The van der Waals surface area contributed by atoms with Gasteiger partial charge in [-0.15, -0.1) is 0 Å². The van der Waals surface area contributed by atoms with Gasteiger partial charge in [0, 0.05) is 27.9 Å². The number of benzene rings is 5. The molecule has 4 saturated carbocycles. The summed E-state index contributed by atoms with van der Waals surface area (Å²) in [5, 5.41) is 0. The quantitative estimate of drug-likeness (QED) is 0.191. The molecule has 2 nitrogen and oxygen atoms in total. The molecule has 0 N–H and O–H groups in total. The van der Waals surface area contributed by atoms with Crippen LogP contribution in [0.3, 0.4) is 0 Å².